The maximum Gasteiger partial charge on any atom is 0.287 e. The Balaban J connectivity index is 1.37. The van der Waals surface area contributed by atoms with Gasteiger partial charge in [-0.3, -0.25) is 14.3 Å². The summed E-state index contributed by atoms with van der Waals surface area (Å²) in [4.78, 5) is 24.1. The van der Waals surface area contributed by atoms with Crippen LogP contribution in [0.1, 0.15) is 51.9 Å². The predicted molar refractivity (Wildman–Crippen MR) is 96.1 cm³/mol. The fourth-order valence-electron chi connectivity index (χ4n) is 2.99. The van der Waals surface area contributed by atoms with Crippen LogP contribution >= 0.6 is 0 Å². The Bertz CT molecular complexity index is 746. The van der Waals surface area contributed by atoms with E-state index in [2.05, 4.69) is 21.0 Å². The first-order chi connectivity index (χ1) is 12.6. The number of hydrogen-bond donors (Lipinski definition) is 3. The van der Waals surface area contributed by atoms with Gasteiger partial charge in [0.15, 0.2) is 5.76 Å². The molecule has 1 atom stereocenters. The third-order valence-electron chi connectivity index (χ3n) is 4.48. The van der Waals surface area contributed by atoms with Crippen LogP contribution in [0.4, 0.5) is 0 Å². The van der Waals surface area contributed by atoms with Crippen LogP contribution in [0.5, 0.6) is 0 Å². The van der Waals surface area contributed by atoms with Crippen LogP contribution in [0, 0.1) is 6.92 Å². The lowest BCUT2D eigenvalue weighted by atomic mass is 10.1. The summed E-state index contributed by atoms with van der Waals surface area (Å²) in [5.74, 6) is -0.101. The van der Waals surface area contributed by atoms with Gasteiger partial charge in [0.2, 0.25) is 0 Å². The first kappa shape index (κ1) is 18.2. The second kappa shape index (κ2) is 8.66. The van der Waals surface area contributed by atoms with Gasteiger partial charge in [0.05, 0.1) is 12.3 Å². The molecule has 3 rings (SSSR count). The molecule has 0 bridgehead atoms. The molecule has 140 valence electrons. The molecule has 0 saturated carbocycles. The monoisotopic (exact) mass is 359 g/mol. The number of carbonyl (C=O) groups excluding carboxylic acids is 2. The molecule has 2 aromatic rings. The fraction of sp³-hybridized carbons (Fsp3) is 0.500. The molecular weight excluding hydrogens is 334 g/mol. The van der Waals surface area contributed by atoms with Gasteiger partial charge >= 0.3 is 0 Å². The second-order valence-electron chi connectivity index (χ2n) is 6.48. The lowest BCUT2D eigenvalue weighted by Crippen LogP contribution is -2.32. The normalized spacial score (nSPS) is 17.0. The van der Waals surface area contributed by atoms with E-state index in [0.717, 1.165) is 31.5 Å². The summed E-state index contributed by atoms with van der Waals surface area (Å²) in [7, 11) is 0. The van der Waals surface area contributed by atoms with Crippen molar-refractivity contribution in [3.05, 3.63) is 41.6 Å². The molecule has 8 nitrogen and oxygen atoms in total. The molecule has 2 amide bonds. The first-order valence-electron chi connectivity index (χ1n) is 9.01. The Morgan fingerprint density at radius 3 is 2.81 bits per heavy atom. The summed E-state index contributed by atoms with van der Waals surface area (Å²) >= 11 is 0. The molecule has 1 aliphatic rings. The van der Waals surface area contributed by atoms with E-state index in [0.29, 0.717) is 37.0 Å². The smallest absolute Gasteiger partial charge is 0.287 e. The van der Waals surface area contributed by atoms with E-state index in [1.54, 1.807) is 12.1 Å². The van der Waals surface area contributed by atoms with Crippen LogP contribution in [0.15, 0.2) is 29.0 Å². The summed E-state index contributed by atoms with van der Waals surface area (Å²) in [5, 5.41) is 13.3. The number of piperidine rings is 1. The summed E-state index contributed by atoms with van der Waals surface area (Å²) in [6.45, 7) is 4.68. The molecule has 0 spiro atoms. The van der Waals surface area contributed by atoms with Gasteiger partial charge in [-0.2, -0.15) is 5.10 Å². The zero-order chi connectivity index (χ0) is 18.4. The Hall–Kier alpha value is -2.61. The zero-order valence-electron chi connectivity index (χ0n) is 15.0. The van der Waals surface area contributed by atoms with E-state index < -0.39 is 0 Å². The molecule has 0 aromatic carbocycles. The van der Waals surface area contributed by atoms with Crippen molar-refractivity contribution in [2.75, 3.05) is 26.2 Å². The van der Waals surface area contributed by atoms with Crippen molar-refractivity contribution < 1.29 is 14.0 Å². The van der Waals surface area contributed by atoms with E-state index in [-0.39, 0.29) is 11.8 Å². The third kappa shape index (κ3) is 4.51. The van der Waals surface area contributed by atoms with Crippen molar-refractivity contribution in [2.45, 2.75) is 32.2 Å². The minimum atomic E-state index is -0.237. The van der Waals surface area contributed by atoms with E-state index in [4.69, 9.17) is 4.42 Å². The second-order valence-corrected chi connectivity index (χ2v) is 6.48. The van der Waals surface area contributed by atoms with Crippen molar-refractivity contribution in [2.24, 2.45) is 0 Å². The van der Waals surface area contributed by atoms with Crippen molar-refractivity contribution >= 4 is 11.8 Å². The summed E-state index contributed by atoms with van der Waals surface area (Å²) < 4.78 is 7.00. The Morgan fingerprint density at radius 1 is 1.31 bits per heavy atom. The molecule has 1 saturated heterocycles. The minimum Gasteiger partial charge on any atom is -0.459 e. The number of rotatable bonds is 7. The number of hydrogen-bond acceptors (Lipinski definition) is 5. The van der Waals surface area contributed by atoms with E-state index in [1.165, 1.54) is 6.26 Å². The van der Waals surface area contributed by atoms with Crippen molar-refractivity contribution in [3.63, 3.8) is 0 Å². The lowest BCUT2D eigenvalue weighted by Gasteiger charge is -2.22. The topological polar surface area (TPSA) is 101 Å². The number of furan rings is 1. The highest BCUT2D eigenvalue weighted by molar-refractivity contribution is 5.93. The molecule has 0 aliphatic carbocycles. The van der Waals surface area contributed by atoms with Gasteiger partial charge < -0.3 is 20.4 Å². The SMILES string of the molecule is Cc1ccoc1C(=O)NCCCNC(=O)c1ccn(C2CCCNC2)n1. The average Bonchev–Trinajstić information content (AvgIpc) is 3.31. The fourth-order valence-corrected chi connectivity index (χ4v) is 2.99. The summed E-state index contributed by atoms with van der Waals surface area (Å²) in [5.41, 5.74) is 1.23. The average molecular weight is 359 g/mol. The molecule has 2 aromatic heterocycles. The number of aryl methyl sites for hydroxylation is 1. The van der Waals surface area contributed by atoms with E-state index in [1.807, 2.05) is 17.8 Å². The molecule has 26 heavy (non-hydrogen) atoms. The molecule has 1 unspecified atom stereocenters. The number of amides is 2. The molecule has 1 fully saturated rings. The van der Waals surface area contributed by atoms with Crippen LogP contribution in [0.3, 0.4) is 0 Å². The van der Waals surface area contributed by atoms with Crippen molar-refractivity contribution in [1.82, 2.24) is 25.7 Å². The van der Waals surface area contributed by atoms with Gasteiger partial charge in [0, 0.05) is 31.4 Å². The molecule has 0 radical (unpaired) electrons. The van der Waals surface area contributed by atoms with E-state index >= 15 is 0 Å². The van der Waals surface area contributed by atoms with Crippen LogP contribution in [0.2, 0.25) is 0 Å². The molecule has 3 N–H and O–H groups in total. The highest BCUT2D eigenvalue weighted by Crippen LogP contribution is 2.15. The van der Waals surface area contributed by atoms with Gasteiger partial charge in [-0.1, -0.05) is 0 Å². The minimum absolute atomic E-state index is 0.194. The van der Waals surface area contributed by atoms with Gasteiger partial charge in [-0.25, -0.2) is 0 Å². The van der Waals surface area contributed by atoms with E-state index in [9.17, 15) is 9.59 Å². The highest BCUT2D eigenvalue weighted by atomic mass is 16.3. The Morgan fingerprint density at radius 2 is 2.12 bits per heavy atom. The standard InChI is InChI=1S/C18H25N5O3/c1-13-6-11-26-16(13)18(25)21-9-3-8-20-17(24)15-5-10-23(22-15)14-4-2-7-19-12-14/h5-6,10-11,14,19H,2-4,7-9,12H2,1H3,(H,20,24)(H,21,25). The molecular formula is C18H25N5O3. The van der Waals surface area contributed by atoms with Gasteiger partial charge in [0.1, 0.15) is 5.69 Å². The largest absolute Gasteiger partial charge is 0.459 e. The maximum absolute atomic E-state index is 12.2. The molecule has 1 aliphatic heterocycles. The van der Waals surface area contributed by atoms with Crippen molar-refractivity contribution in [1.29, 1.82) is 0 Å². The number of aromatic nitrogens is 2. The van der Waals surface area contributed by atoms with Gasteiger partial charge in [-0.15, -0.1) is 0 Å². The summed E-state index contributed by atoms with van der Waals surface area (Å²) in [6.07, 6.45) is 6.18. The number of carbonyl (C=O) groups is 2. The predicted octanol–water partition coefficient (Wildman–Crippen LogP) is 1.26. The zero-order valence-corrected chi connectivity index (χ0v) is 15.0. The van der Waals surface area contributed by atoms with Crippen LogP contribution < -0.4 is 16.0 Å². The maximum atomic E-state index is 12.2. The van der Waals surface area contributed by atoms with Crippen LogP contribution in [-0.4, -0.2) is 47.8 Å². The van der Waals surface area contributed by atoms with Crippen molar-refractivity contribution in [3.8, 4) is 0 Å². The quantitative estimate of drug-likeness (QED) is 0.646. The molecule has 3 heterocycles. The van der Waals surface area contributed by atoms with Crippen LogP contribution in [-0.2, 0) is 0 Å². The first-order valence-corrected chi connectivity index (χ1v) is 9.01. The van der Waals surface area contributed by atoms with Gasteiger partial charge in [0.25, 0.3) is 11.8 Å². The Labute approximate surface area is 152 Å². The van der Waals surface area contributed by atoms with Gasteiger partial charge in [-0.05, 0) is 44.9 Å². The third-order valence-corrected chi connectivity index (χ3v) is 4.48. The lowest BCUT2D eigenvalue weighted by molar-refractivity contribution is 0.0924. The number of nitrogens with one attached hydrogen (secondary N) is 3. The summed E-state index contributed by atoms with van der Waals surface area (Å²) in [6, 6.07) is 3.80. The number of nitrogens with zero attached hydrogens (tertiary/aromatic N) is 2. The molecule has 8 heteroatoms. The Kier molecular flexibility index (Phi) is 6.06. The van der Waals surface area contributed by atoms with Crippen LogP contribution in [0.25, 0.3) is 0 Å². The highest BCUT2D eigenvalue weighted by Gasteiger charge is 2.17.